The topological polar surface area (TPSA) is 75.4 Å². The van der Waals surface area contributed by atoms with Gasteiger partial charge in [0.2, 0.25) is 11.8 Å². The zero-order chi connectivity index (χ0) is 19.3. The molecule has 0 spiro atoms. The zero-order valence-corrected chi connectivity index (χ0v) is 15.6. The molecule has 28 heavy (non-hydrogen) atoms. The number of nitrogens with one attached hydrogen (secondary N) is 1. The molecule has 1 aliphatic rings. The fraction of sp³-hybridized carbons (Fsp3) is 0.318. The van der Waals surface area contributed by atoms with Crippen LogP contribution >= 0.6 is 0 Å². The summed E-state index contributed by atoms with van der Waals surface area (Å²) in [5.74, 6) is 0.803. The van der Waals surface area contributed by atoms with Gasteiger partial charge in [0.1, 0.15) is 5.76 Å². The maximum absolute atomic E-state index is 12.8. The van der Waals surface area contributed by atoms with E-state index in [0.29, 0.717) is 38.9 Å². The monoisotopic (exact) mass is 377 g/mol. The molecule has 2 amide bonds. The van der Waals surface area contributed by atoms with Crippen molar-refractivity contribution in [2.45, 2.75) is 25.8 Å². The highest BCUT2D eigenvalue weighted by atomic mass is 16.3. The summed E-state index contributed by atoms with van der Waals surface area (Å²) in [4.78, 5) is 31.4. The van der Waals surface area contributed by atoms with Crippen LogP contribution in [0.4, 0.5) is 0 Å². The number of carbonyl (C=O) groups excluding carboxylic acids is 2. The largest absolute Gasteiger partial charge is 0.467 e. The van der Waals surface area contributed by atoms with Crippen molar-refractivity contribution >= 4 is 22.7 Å². The van der Waals surface area contributed by atoms with Crippen LogP contribution < -0.4 is 5.32 Å². The lowest BCUT2D eigenvalue weighted by Gasteiger charge is -2.31. The first-order valence-electron chi connectivity index (χ1n) is 9.61. The number of benzene rings is 1. The lowest BCUT2D eigenvalue weighted by Crippen LogP contribution is -2.43. The fourth-order valence-corrected chi connectivity index (χ4v) is 3.71. The van der Waals surface area contributed by atoms with E-state index in [0.717, 1.165) is 22.2 Å². The number of nitrogens with zero attached hydrogens (tertiary/aromatic N) is 2. The summed E-state index contributed by atoms with van der Waals surface area (Å²) in [5.41, 5.74) is 1.83. The summed E-state index contributed by atoms with van der Waals surface area (Å²) in [6.45, 7) is 1.62. The summed E-state index contributed by atoms with van der Waals surface area (Å²) < 4.78 is 5.23. The van der Waals surface area contributed by atoms with Gasteiger partial charge in [-0.25, -0.2) is 0 Å². The number of amides is 2. The second-order valence-corrected chi connectivity index (χ2v) is 7.12. The Hall–Kier alpha value is -3.15. The van der Waals surface area contributed by atoms with Gasteiger partial charge in [-0.1, -0.05) is 24.3 Å². The minimum Gasteiger partial charge on any atom is -0.467 e. The maximum Gasteiger partial charge on any atom is 0.227 e. The molecule has 3 heterocycles. The van der Waals surface area contributed by atoms with E-state index in [4.69, 9.17) is 4.42 Å². The van der Waals surface area contributed by atoms with Crippen LogP contribution in [0.3, 0.4) is 0 Å². The Bertz CT molecular complexity index is 955. The van der Waals surface area contributed by atoms with Crippen LogP contribution in [-0.4, -0.2) is 34.8 Å². The van der Waals surface area contributed by atoms with Crippen LogP contribution in [0.25, 0.3) is 10.9 Å². The highest BCUT2D eigenvalue weighted by molar-refractivity contribution is 5.87. The summed E-state index contributed by atoms with van der Waals surface area (Å²) in [6.07, 6.45) is 5.05. The quantitative estimate of drug-likeness (QED) is 0.742. The molecule has 1 aromatic carbocycles. The van der Waals surface area contributed by atoms with E-state index >= 15 is 0 Å². The average molecular weight is 377 g/mol. The van der Waals surface area contributed by atoms with Gasteiger partial charge < -0.3 is 14.6 Å². The Kier molecular flexibility index (Phi) is 5.37. The minimum absolute atomic E-state index is 0.0294. The molecule has 1 fully saturated rings. The van der Waals surface area contributed by atoms with Crippen LogP contribution in [0, 0.1) is 5.92 Å². The van der Waals surface area contributed by atoms with Gasteiger partial charge in [-0.3, -0.25) is 14.6 Å². The van der Waals surface area contributed by atoms with Crippen molar-refractivity contribution in [2.75, 3.05) is 13.1 Å². The van der Waals surface area contributed by atoms with E-state index in [9.17, 15) is 9.59 Å². The molecule has 6 nitrogen and oxygen atoms in total. The molecule has 1 N–H and O–H groups in total. The summed E-state index contributed by atoms with van der Waals surface area (Å²) in [5, 5.41) is 3.96. The number of para-hydroxylation sites is 1. The lowest BCUT2D eigenvalue weighted by molar-refractivity contribution is -0.135. The van der Waals surface area contributed by atoms with E-state index in [1.54, 1.807) is 18.5 Å². The summed E-state index contributed by atoms with van der Waals surface area (Å²) in [6, 6.07) is 13.5. The molecule has 0 unspecified atom stereocenters. The number of hydrogen-bond acceptors (Lipinski definition) is 4. The molecular formula is C22H23N3O3. The first kappa shape index (κ1) is 18.2. The molecular weight excluding hydrogens is 354 g/mol. The van der Waals surface area contributed by atoms with Crippen LogP contribution in [0.15, 0.2) is 59.3 Å². The van der Waals surface area contributed by atoms with E-state index in [2.05, 4.69) is 10.3 Å². The molecule has 2 aromatic heterocycles. The molecule has 0 radical (unpaired) electrons. The van der Waals surface area contributed by atoms with E-state index in [1.165, 1.54) is 0 Å². The van der Waals surface area contributed by atoms with Gasteiger partial charge in [-0.05, 0) is 36.6 Å². The molecule has 4 rings (SSSR count). The number of pyridine rings is 1. The number of likely N-dealkylation sites (tertiary alicyclic amines) is 1. The predicted octanol–water partition coefficient (Wildman–Crippen LogP) is 2.93. The van der Waals surface area contributed by atoms with Crippen molar-refractivity contribution in [3.8, 4) is 0 Å². The third-order valence-electron chi connectivity index (χ3n) is 5.29. The predicted molar refractivity (Wildman–Crippen MR) is 105 cm³/mol. The van der Waals surface area contributed by atoms with E-state index < -0.39 is 0 Å². The van der Waals surface area contributed by atoms with Gasteiger partial charge in [0.05, 0.1) is 24.7 Å². The second-order valence-electron chi connectivity index (χ2n) is 7.12. The van der Waals surface area contributed by atoms with Gasteiger partial charge >= 0.3 is 0 Å². The number of aromatic nitrogens is 1. The first-order chi connectivity index (χ1) is 13.7. The number of rotatable bonds is 5. The van der Waals surface area contributed by atoms with Gasteiger partial charge in [0, 0.05) is 30.6 Å². The van der Waals surface area contributed by atoms with Gasteiger partial charge in [-0.2, -0.15) is 0 Å². The van der Waals surface area contributed by atoms with E-state index in [-0.39, 0.29) is 17.7 Å². The SMILES string of the molecule is O=C(NCc1ccco1)C1CCN(C(=O)Cc2cccc3cccnc23)CC1. The standard InChI is InChI=1S/C22H23N3O3/c26-20(14-18-5-1-4-16-6-2-10-23-21(16)18)25-11-8-17(9-12-25)22(27)24-15-19-7-3-13-28-19/h1-7,10,13,17H,8-9,11-12,14-15H2,(H,24,27). The van der Waals surface area contributed by atoms with Crippen molar-refractivity contribution in [2.24, 2.45) is 5.92 Å². The molecule has 0 aliphatic carbocycles. The highest BCUT2D eigenvalue weighted by Crippen LogP contribution is 2.21. The molecule has 144 valence electrons. The van der Waals surface area contributed by atoms with Crippen molar-refractivity contribution in [3.05, 3.63) is 66.2 Å². The molecule has 0 atom stereocenters. The Morgan fingerprint density at radius 1 is 1.11 bits per heavy atom. The van der Waals surface area contributed by atoms with Crippen LogP contribution in [0.5, 0.6) is 0 Å². The van der Waals surface area contributed by atoms with Crippen LogP contribution in [0.2, 0.25) is 0 Å². The van der Waals surface area contributed by atoms with Crippen LogP contribution in [-0.2, 0) is 22.6 Å². The molecule has 0 saturated carbocycles. The number of carbonyl (C=O) groups is 2. The maximum atomic E-state index is 12.8. The number of furan rings is 1. The van der Waals surface area contributed by atoms with Crippen molar-refractivity contribution < 1.29 is 14.0 Å². The first-order valence-corrected chi connectivity index (χ1v) is 9.61. The van der Waals surface area contributed by atoms with Crippen molar-refractivity contribution in [1.82, 2.24) is 15.2 Å². The number of hydrogen-bond donors (Lipinski definition) is 1. The highest BCUT2D eigenvalue weighted by Gasteiger charge is 2.27. The van der Waals surface area contributed by atoms with Gasteiger partial charge in [-0.15, -0.1) is 0 Å². The Labute approximate surface area is 163 Å². The normalized spacial score (nSPS) is 14.9. The molecule has 1 saturated heterocycles. The smallest absolute Gasteiger partial charge is 0.227 e. The minimum atomic E-state index is -0.0572. The van der Waals surface area contributed by atoms with Crippen LogP contribution in [0.1, 0.15) is 24.2 Å². The Morgan fingerprint density at radius 3 is 2.71 bits per heavy atom. The molecule has 6 heteroatoms. The number of piperidine rings is 1. The average Bonchev–Trinajstić information content (AvgIpc) is 3.26. The lowest BCUT2D eigenvalue weighted by atomic mass is 9.95. The summed E-state index contributed by atoms with van der Waals surface area (Å²) >= 11 is 0. The van der Waals surface area contributed by atoms with Crippen molar-refractivity contribution in [3.63, 3.8) is 0 Å². The third-order valence-corrected chi connectivity index (χ3v) is 5.29. The second kappa shape index (κ2) is 8.25. The zero-order valence-electron chi connectivity index (χ0n) is 15.6. The molecule has 1 aliphatic heterocycles. The Morgan fingerprint density at radius 2 is 1.93 bits per heavy atom. The van der Waals surface area contributed by atoms with Crippen molar-refractivity contribution in [1.29, 1.82) is 0 Å². The van der Waals surface area contributed by atoms with Gasteiger partial charge in [0.25, 0.3) is 0 Å². The molecule has 0 bridgehead atoms. The Balaban J connectivity index is 1.30. The van der Waals surface area contributed by atoms with Gasteiger partial charge in [0.15, 0.2) is 0 Å². The molecule has 3 aromatic rings. The third kappa shape index (κ3) is 4.06. The summed E-state index contributed by atoms with van der Waals surface area (Å²) in [7, 11) is 0. The number of fused-ring (bicyclic) bond motifs is 1. The van der Waals surface area contributed by atoms with E-state index in [1.807, 2.05) is 41.3 Å². The fourth-order valence-electron chi connectivity index (χ4n) is 3.71.